The Kier molecular flexibility index (Phi) is 6.67. The van der Waals surface area contributed by atoms with Crippen LogP contribution in [-0.2, 0) is 14.8 Å². The van der Waals surface area contributed by atoms with E-state index in [0.717, 1.165) is 26.7 Å². The van der Waals surface area contributed by atoms with Crippen LogP contribution in [0.1, 0.15) is 15.9 Å². The smallest absolute Gasteiger partial charge is 0.253 e. The number of thiazole rings is 1. The number of anilines is 1. The molecule has 1 aromatic heterocycles. The Labute approximate surface area is 208 Å². The summed E-state index contributed by atoms with van der Waals surface area (Å²) in [6.07, 6.45) is 0. The van der Waals surface area contributed by atoms with Crippen LogP contribution in [0.25, 0.3) is 10.2 Å². The van der Waals surface area contributed by atoms with Crippen LogP contribution in [0.3, 0.4) is 0 Å². The van der Waals surface area contributed by atoms with Crippen LogP contribution in [-0.4, -0.2) is 88.1 Å². The highest BCUT2D eigenvalue weighted by molar-refractivity contribution is 7.89. The quantitative estimate of drug-likeness (QED) is 0.515. The number of hydrogen-bond acceptors (Lipinski definition) is 8. The van der Waals surface area contributed by atoms with Crippen molar-refractivity contribution in [3.05, 3.63) is 47.5 Å². The highest BCUT2D eigenvalue weighted by atomic mass is 32.2. The van der Waals surface area contributed by atoms with E-state index in [1.54, 1.807) is 35.5 Å². The first-order valence-corrected chi connectivity index (χ1v) is 13.8. The van der Waals surface area contributed by atoms with E-state index < -0.39 is 10.0 Å². The standard InChI is InChI=1S/C24H28N4O5S2/c1-17-3-8-20(32-2)21-22(17)34-24(25-21)27-11-9-26(10-12-27)23(29)18-4-6-19(7-5-18)35(30,31)28-13-15-33-16-14-28/h3-8H,9-16H2,1-2H3. The lowest BCUT2D eigenvalue weighted by molar-refractivity contribution is 0.0730. The van der Waals surface area contributed by atoms with Crippen molar-refractivity contribution in [2.45, 2.75) is 11.8 Å². The predicted octanol–water partition coefficient (Wildman–Crippen LogP) is 2.60. The van der Waals surface area contributed by atoms with Crippen LogP contribution in [0.2, 0.25) is 0 Å². The Morgan fingerprint density at radius 1 is 1.00 bits per heavy atom. The number of piperazine rings is 1. The van der Waals surface area contributed by atoms with Crippen LogP contribution in [0.15, 0.2) is 41.3 Å². The summed E-state index contributed by atoms with van der Waals surface area (Å²) in [5, 5.41) is 0.928. The Hall–Kier alpha value is -2.73. The van der Waals surface area contributed by atoms with Crippen molar-refractivity contribution in [1.82, 2.24) is 14.2 Å². The molecule has 0 aliphatic carbocycles. The number of ether oxygens (including phenoxy) is 2. The molecule has 11 heteroatoms. The Bertz CT molecular complexity index is 1330. The van der Waals surface area contributed by atoms with E-state index in [9.17, 15) is 13.2 Å². The molecule has 0 unspecified atom stereocenters. The van der Waals surface area contributed by atoms with Crippen LogP contribution >= 0.6 is 11.3 Å². The molecule has 0 bridgehead atoms. The van der Waals surface area contributed by atoms with E-state index >= 15 is 0 Å². The lowest BCUT2D eigenvalue weighted by Crippen LogP contribution is -2.48. The predicted molar refractivity (Wildman–Crippen MR) is 135 cm³/mol. The fourth-order valence-corrected chi connectivity index (χ4v) is 6.90. The van der Waals surface area contributed by atoms with Crippen molar-refractivity contribution < 1.29 is 22.7 Å². The van der Waals surface area contributed by atoms with Gasteiger partial charge in [0.25, 0.3) is 5.91 Å². The van der Waals surface area contributed by atoms with Crippen molar-refractivity contribution in [1.29, 1.82) is 0 Å². The second-order valence-electron chi connectivity index (χ2n) is 8.58. The molecule has 2 aromatic carbocycles. The van der Waals surface area contributed by atoms with Gasteiger partial charge in [0.05, 0.1) is 29.9 Å². The zero-order valence-corrected chi connectivity index (χ0v) is 21.4. The van der Waals surface area contributed by atoms with Crippen molar-refractivity contribution in [2.75, 3.05) is 64.5 Å². The van der Waals surface area contributed by atoms with Gasteiger partial charge in [-0.1, -0.05) is 17.4 Å². The van der Waals surface area contributed by atoms with Gasteiger partial charge < -0.3 is 19.3 Å². The zero-order chi connectivity index (χ0) is 24.6. The molecule has 1 amide bonds. The van der Waals surface area contributed by atoms with Gasteiger partial charge in [-0.3, -0.25) is 4.79 Å². The summed E-state index contributed by atoms with van der Waals surface area (Å²) >= 11 is 1.64. The average molecular weight is 517 g/mol. The molecule has 9 nitrogen and oxygen atoms in total. The number of carbonyl (C=O) groups is 1. The van der Waals surface area contributed by atoms with Crippen LogP contribution in [0.4, 0.5) is 5.13 Å². The summed E-state index contributed by atoms with van der Waals surface area (Å²) in [6, 6.07) is 10.2. The third-order valence-electron chi connectivity index (χ3n) is 6.46. The summed E-state index contributed by atoms with van der Waals surface area (Å²) < 4.78 is 38.9. The van der Waals surface area contributed by atoms with Gasteiger partial charge in [-0.2, -0.15) is 4.31 Å². The van der Waals surface area contributed by atoms with Crippen LogP contribution in [0, 0.1) is 6.92 Å². The molecule has 3 aromatic rings. The maximum Gasteiger partial charge on any atom is 0.253 e. The third kappa shape index (κ3) is 4.61. The molecule has 3 heterocycles. The maximum atomic E-state index is 13.1. The molecule has 186 valence electrons. The number of morpholine rings is 1. The summed E-state index contributed by atoms with van der Waals surface area (Å²) in [7, 11) is -1.93. The van der Waals surface area contributed by atoms with E-state index in [4.69, 9.17) is 14.5 Å². The number of aryl methyl sites for hydroxylation is 1. The van der Waals surface area contributed by atoms with Gasteiger partial charge >= 0.3 is 0 Å². The van der Waals surface area contributed by atoms with Gasteiger partial charge in [-0.05, 0) is 42.8 Å². The van der Waals surface area contributed by atoms with Crippen LogP contribution in [0.5, 0.6) is 5.75 Å². The summed E-state index contributed by atoms with van der Waals surface area (Å²) in [5.41, 5.74) is 2.52. The number of nitrogens with zero attached hydrogens (tertiary/aromatic N) is 4. The van der Waals surface area contributed by atoms with E-state index in [0.29, 0.717) is 58.0 Å². The second-order valence-corrected chi connectivity index (χ2v) is 11.5. The minimum Gasteiger partial charge on any atom is -0.494 e. The maximum absolute atomic E-state index is 13.1. The first-order valence-electron chi connectivity index (χ1n) is 11.5. The SMILES string of the molecule is COc1ccc(C)c2sc(N3CCN(C(=O)c4ccc(S(=O)(=O)N5CCOCC5)cc4)CC3)nc12. The number of carbonyl (C=O) groups excluding carboxylic acids is 1. The average Bonchev–Trinajstić information content (AvgIpc) is 3.36. The highest BCUT2D eigenvalue weighted by Gasteiger charge is 2.28. The summed E-state index contributed by atoms with van der Waals surface area (Å²) in [5.74, 6) is 0.669. The molecule has 2 aliphatic heterocycles. The second kappa shape index (κ2) is 9.73. The lowest BCUT2D eigenvalue weighted by Gasteiger charge is -2.34. The number of amides is 1. The van der Waals surface area contributed by atoms with E-state index in [1.807, 2.05) is 12.1 Å². The number of rotatable bonds is 5. The lowest BCUT2D eigenvalue weighted by atomic mass is 10.2. The zero-order valence-electron chi connectivity index (χ0n) is 19.8. The first-order chi connectivity index (χ1) is 16.9. The molecule has 0 saturated carbocycles. The van der Waals surface area contributed by atoms with Gasteiger partial charge in [0, 0.05) is 44.8 Å². The molecular weight excluding hydrogens is 488 g/mol. The molecule has 2 aliphatic rings. The van der Waals surface area contributed by atoms with Gasteiger partial charge in [-0.15, -0.1) is 0 Å². The first kappa shape index (κ1) is 24.0. The highest BCUT2D eigenvalue weighted by Crippen LogP contribution is 2.36. The van der Waals surface area contributed by atoms with Gasteiger partial charge in [0.2, 0.25) is 10.0 Å². The molecule has 2 fully saturated rings. The minimum atomic E-state index is -3.58. The fraction of sp³-hybridized carbons (Fsp3) is 0.417. The molecule has 35 heavy (non-hydrogen) atoms. The van der Waals surface area contributed by atoms with Gasteiger partial charge in [0.15, 0.2) is 5.13 Å². The summed E-state index contributed by atoms with van der Waals surface area (Å²) in [6.45, 7) is 6.03. The molecule has 0 atom stereocenters. The number of methoxy groups -OCH3 is 1. The number of sulfonamides is 1. The molecular formula is C24H28N4O5S2. The molecule has 0 radical (unpaired) electrons. The molecule has 5 rings (SSSR count). The molecule has 2 saturated heterocycles. The van der Waals surface area contributed by atoms with E-state index in [2.05, 4.69) is 11.8 Å². The third-order valence-corrected chi connectivity index (χ3v) is 9.62. The van der Waals surface area contributed by atoms with Gasteiger partial charge in [0.1, 0.15) is 11.3 Å². The Balaban J connectivity index is 1.25. The monoisotopic (exact) mass is 516 g/mol. The number of hydrogen-bond donors (Lipinski definition) is 0. The minimum absolute atomic E-state index is 0.0956. The number of benzene rings is 2. The topological polar surface area (TPSA) is 92.3 Å². The van der Waals surface area contributed by atoms with Crippen molar-refractivity contribution in [2.24, 2.45) is 0 Å². The van der Waals surface area contributed by atoms with Crippen molar-refractivity contribution in [3.8, 4) is 5.75 Å². The molecule has 0 N–H and O–H groups in total. The Morgan fingerprint density at radius 3 is 2.34 bits per heavy atom. The van der Waals surface area contributed by atoms with Crippen molar-refractivity contribution in [3.63, 3.8) is 0 Å². The number of aromatic nitrogens is 1. The summed E-state index contributed by atoms with van der Waals surface area (Å²) in [4.78, 5) is 22.1. The van der Waals surface area contributed by atoms with E-state index in [1.165, 1.54) is 16.4 Å². The largest absolute Gasteiger partial charge is 0.494 e. The van der Waals surface area contributed by atoms with Crippen LogP contribution < -0.4 is 9.64 Å². The van der Waals surface area contributed by atoms with Crippen molar-refractivity contribution >= 4 is 42.6 Å². The van der Waals surface area contributed by atoms with E-state index in [-0.39, 0.29) is 10.8 Å². The van der Waals surface area contributed by atoms with Gasteiger partial charge in [-0.25, -0.2) is 13.4 Å². The number of fused-ring (bicyclic) bond motifs is 1. The normalized spacial score (nSPS) is 17.7. The Morgan fingerprint density at radius 2 is 1.69 bits per heavy atom. The molecule has 0 spiro atoms. The fourth-order valence-electron chi connectivity index (χ4n) is 4.39.